The summed E-state index contributed by atoms with van der Waals surface area (Å²) in [6.45, 7) is 2.40. The van der Waals surface area contributed by atoms with Crippen LogP contribution in [0.2, 0.25) is 0 Å². The van der Waals surface area contributed by atoms with Crippen molar-refractivity contribution in [3.63, 3.8) is 0 Å². The van der Waals surface area contributed by atoms with E-state index in [1.165, 1.54) is 51.4 Å². The molecule has 0 aromatic carbocycles. The van der Waals surface area contributed by atoms with Gasteiger partial charge in [-0.3, -0.25) is 0 Å². The van der Waals surface area contributed by atoms with Gasteiger partial charge in [0.2, 0.25) is 0 Å². The molecular weight excluding hydrogens is 170 g/mol. The molecule has 0 aliphatic heterocycles. The molecular formula is C13H25N. The fourth-order valence-electron chi connectivity index (χ4n) is 3.61. The molecule has 0 bridgehead atoms. The molecule has 1 nitrogen and oxygen atoms in total. The van der Waals surface area contributed by atoms with Crippen molar-refractivity contribution in [2.24, 2.45) is 23.5 Å². The van der Waals surface area contributed by atoms with Gasteiger partial charge in [0.05, 0.1) is 0 Å². The summed E-state index contributed by atoms with van der Waals surface area (Å²) in [5.41, 5.74) is 6.44. The van der Waals surface area contributed by atoms with E-state index >= 15 is 0 Å². The van der Waals surface area contributed by atoms with Crippen LogP contribution < -0.4 is 5.73 Å². The molecule has 2 rings (SSSR count). The maximum absolute atomic E-state index is 6.44. The van der Waals surface area contributed by atoms with Gasteiger partial charge in [-0.25, -0.2) is 0 Å². The van der Waals surface area contributed by atoms with E-state index < -0.39 is 0 Å². The first kappa shape index (κ1) is 10.5. The Morgan fingerprint density at radius 2 is 1.64 bits per heavy atom. The Hall–Kier alpha value is -0.0400. The van der Waals surface area contributed by atoms with Crippen molar-refractivity contribution >= 4 is 0 Å². The van der Waals surface area contributed by atoms with Crippen LogP contribution in [0.1, 0.15) is 58.3 Å². The maximum Gasteiger partial charge on any atom is 0.00981 e. The summed E-state index contributed by atoms with van der Waals surface area (Å²) in [5.74, 6) is 2.60. The molecule has 2 N–H and O–H groups in total. The van der Waals surface area contributed by atoms with Crippen LogP contribution >= 0.6 is 0 Å². The van der Waals surface area contributed by atoms with Gasteiger partial charge < -0.3 is 5.73 Å². The first-order valence-corrected chi connectivity index (χ1v) is 6.54. The van der Waals surface area contributed by atoms with Crippen molar-refractivity contribution in [1.82, 2.24) is 0 Å². The third-order valence-electron chi connectivity index (χ3n) is 4.62. The van der Waals surface area contributed by atoms with Gasteiger partial charge in [-0.2, -0.15) is 0 Å². The van der Waals surface area contributed by atoms with Crippen molar-refractivity contribution in [2.45, 2.75) is 64.3 Å². The molecule has 0 spiro atoms. The van der Waals surface area contributed by atoms with E-state index in [0.717, 1.165) is 17.8 Å². The Balaban J connectivity index is 1.89. The summed E-state index contributed by atoms with van der Waals surface area (Å²) >= 11 is 0. The van der Waals surface area contributed by atoms with Crippen molar-refractivity contribution in [2.75, 3.05) is 0 Å². The molecule has 14 heavy (non-hydrogen) atoms. The van der Waals surface area contributed by atoms with E-state index in [4.69, 9.17) is 5.73 Å². The fourth-order valence-corrected chi connectivity index (χ4v) is 3.61. The van der Waals surface area contributed by atoms with Crippen LogP contribution in [-0.4, -0.2) is 6.04 Å². The average molecular weight is 195 g/mol. The van der Waals surface area contributed by atoms with Crippen LogP contribution in [0.4, 0.5) is 0 Å². The first-order valence-electron chi connectivity index (χ1n) is 6.54. The third-order valence-corrected chi connectivity index (χ3v) is 4.62. The Bertz CT molecular complexity index is 172. The molecule has 0 heterocycles. The van der Waals surface area contributed by atoms with E-state index in [1.807, 2.05) is 0 Å². The quantitative estimate of drug-likeness (QED) is 0.718. The maximum atomic E-state index is 6.44. The van der Waals surface area contributed by atoms with Gasteiger partial charge in [0.15, 0.2) is 0 Å². The lowest BCUT2D eigenvalue weighted by Gasteiger charge is -2.33. The predicted molar refractivity (Wildman–Crippen MR) is 61.1 cm³/mol. The molecule has 2 fully saturated rings. The van der Waals surface area contributed by atoms with Crippen molar-refractivity contribution in [1.29, 1.82) is 0 Å². The summed E-state index contributed by atoms with van der Waals surface area (Å²) in [5, 5.41) is 0. The SMILES string of the molecule is CC1CCCC1C(N)C1CCCCC1. The largest absolute Gasteiger partial charge is 0.327 e. The number of hydrogen-bond acceptors (Lipinski definition) is 1. The van der Waals surface area contributed by atoms with E-state index in [9.17, 15) is 0 Å². The molecule has 2 saturated carbocycles. The lowest BCUT2D eigenvalue weighted by Crippen LogP contribution is -2.39. The highest BCUT2D eigenvalue weighted by atomic mass is 14.7. The summed E-state index contributed by atoms with van der Waals surface area (Å²) in [6, 6.07) is 0.521. The molecule has 82 valence electrons. The second-order valence-electron chi connectivity index (χ2n) is 5.55. The number of nitrogens with two attached hydrogens (primary N) is 1. The molecule has 0 aromatic heterocycles. The second kappa shape index (κ2) is 4.65. The van der Waals surface area contributed by atoms with Crippen molar-refractivity contribution < 1.29 is 0 Å². The minimum absolute atomic E-state index is 0.521. The van der Waals surface area contributed by atoms with Crippen LogP contribution in [0.5, 0.6) is 0 Å². The van der Waals surface area contributed by atoms with Crippen LogP contribution in [0.15, 0.2) is 0 Å². The summed E-state index contributed by atoms with van der Waals surface area (Å²) < 4.78 is 0. The van der Waals surface area contributed by atoms with E-state index in [2.05, 4.69) is 6.92 Å². The standard InChI is InChI=1S/C13H25N/c1-10-6-5-9-12(10)13(14)11-7-3-2-4-8-11/h10-13H,2-9,14H2,1H3. The molecule has 0 amide bonds. The molecule has 0 saturated heterocycles. The Morgan fingerprint density at radius 1 is 0.929 bits per heavy atom. The zero-order valence-corrected chi connectivity index (χ0v) is 9.54. The minimum Gasteiger partial charge on any atom is -0.327 e. The van der Waals surface area contributed by atoms with Crippen LogP contribution in [0.25, 0.3) is 0 Å². The summed E-state index contributed by atoms with van der Waals surface area (Å²) in [7, 11) is 0. The zero-order valence-electron chi connectivity index (χ0n) is 9.54. The van der Waals surface area contributed by atoms with Crippen molar-refractivity contribution in [3.05, 3.63) is 0 Å². The van der Waals surface area contributed by atoms with Crippen molar-refractivity contribution in [3.8, 4) is 0 Å². The second-order valence-corrected chi connectivity index (χ2v) is 5.55. The zero-order chi connectivity index (χ0) is 9.97. The number of hydrogen-bond donors (Lipinski definition) is 1. The van der Waals surface area contributed by atoms with Gasteiger partial charge in [-0.15, -0.1) is 0 Å². The minimum atomic E-state index is 0.521. The van der Waals surface area contributed by atoms with E-state index in [1.54, 1.807) is 0 Å². The van der Waals surface area contributed by atoms with Crippen LogP contribution in [0, 0.1) is 17.8 Å². The Labute approximate surface area is 88.4 Å². The summed E-state index contributed by atoms with van der Waals surface area (Å²) in [4.78, 5) is 0. The molecule has 0 radical (unpaired) electrons. The molecule has 3 atom stereocenters. The highest BCUT2D eigenvalue weighted by molar-refractivity contribution is 4.88. The fraction of sp³-hybridized carbons (Fsp3) is 1.00. The lowest BCUT2D eigenvalue weighted by molar-refractivity contribution is 0.217. The summed E-state index contributed by atoms with van der Waals surface area (Å²) in [6.07, 6.45) is 11.4. The van der Waals surface area contributed by atoms with Gasteiger partial charge in [-0.1, -0.05) is 39.0 Å². The molecule has 2 aliphatic carbocycles. The van der Waals surface area contributed by atoms with Gasteiger partial charge >= 0.3 is 0 Å². The van der Waals surface area contributed by atoms with Gasteiger partial charge in [-0.05, 0) is 37.0 Å². The number of rotatable bonds is 2. The van der Waals surface area contributed by atoms with E-state index in [-0.39, 0.29) is 0 Å². The topological polar surface area (TPSA) is 26.0 Å². The Kier molecular flexibility index (Phi) is 3.48. The normalized spacial score (nSPS) is 37.3. The van der Waals surface area contributed by atoms with Gasteiger partial charge in [0.1, 0.15) is 0 Å². The predicted octanol–water partition coefficient (Wildman–Crippen LogP) is 3.33. The molecule has 0 aromatic rings. The highest BCUT2D eigenvalue weighted by Gasteiger charge is 2.33. The van der Waals surface area contributed by atoms with Crippen LogP contribution in [0.3, 0.4) is 0 Å². The Morgan fingerprint density at radius 3 is 2.21 bits per heavy atom. The first-order chi connectivity index (χ1) is 6.79. The third kappa shape index (κ3) is 2.13. The van der Waals surface area contributed by atoms with E-state index in [0.29, 0.717) is 6.04 Å². The monoisotopic (exact) mass is 195 g/mol. The molecule has 3 unspecified atom stereocenters. The van der Waals surface area contributed by atoms with Gasteiger partial charge in [0.25, 0.3) is 0 Å². The van der Waals surface area contributed by atoms with Gasteiger partial charge in [0, 0.05) is 6.04 Å². The van der Waals surface area contributed by atoms with Crippen LogP contribution in [-0.2, 0) is 0 Å². The molecule has 1 heteroatoms. The average Bonchev–Trinajstić information content (AvgIpc) is 2.65. The highest BCUT2D eigenvalue weighted by Crippen LogP contribution is 2.38. The lowest BCUT2D eigenvalue weighted by atomic mass is 9.76. The molecule has 2 aliphatic rings. The smallest absolute Gasteiger partial charge is 0.00981 e.